The topological polar surface area (TPSA) is 92.4 Å². The number of anilines is 1. The molecule has 0 fully saturated rings. The van der Waals surface area contributed by atoms with E-state index < -0.39 is 32.3 Å². The quantitative estimate of drug-likeness (QED) is 0.732. The maximum Gasteiger partial charge on any atom is 0.418 e. The van der Waals surface area contributed by atoms with Crippen LogP contribution in [0.2, 0.25) is 0 Å². The molecule has 0 spiro atoms. The Morgan fingerprint density at radius 1 is 1.35 bits per heavy atom. The van der Waals surface area contributed by atoms with Crippen molar-refractivity contribution in [3.63, 3.8) is 0 Å². The van der Waals surface area contributed by atoms with Gasteiger partial charge in [-0.1, -0.05) is 20.3 Å². The second-order valence-electron chi connectivity index (χ2n) is 5.77. The van der Waals surface area contributed by atoms with Crippen molar-refractivity contribution in [2.75, 3.05) is 11.9 Å². The maximum atomic E-state index is 13.1. The van der Waals surface area contributed by atoms with Crippen LogP contribution in [-0.4, -0.2) is 25.7 Å². The first kappa shape index (κ1) is 19.7. The van der Waals surface area contributed by atoms with Crippen LogP contribution in [0.15, 0.2) is 23.1 Å². The van der Waals surface area contributed by atoms with Gasteiger partial charge in [0.05, 0.1) is 16.1 Å². The summed E-state index contributed by atoms with van der Waals surface area (Å²) in [6.45, 7) is 5.07. The Kier molecular flexibility index (Phi) is 5.71. The SMILES string of the molecule is CCC(C)C(C)(O)CNc1ccc(S(N)(=O)=O)cc1C(F)(F)F. The number of aliphatic hydroxyl groups is 1. The van der Waals surface area contributed by atoms with Gasteiger partial charge in [-0.3, -0.25) is 0 Å². The number of hydrogen-bond donors (Lipinski definition) is 3. The summed E-state index contributed by atoms with van der Waals surface area (Å²) in [7, 11) is -4.24. The van der Waals surface area contributed by atoms with Gasteiger partial charge in [-0.15, -0.1) is 0 Å². The molecule has 0 aliphatic rings. The van der Waals surface area contributed by atoms with Crippen molar-refractivity contribution < 1.29 is 26.7 Å². The zero-order valence-electron chi connectivity index (χ0n) is 13.1. The van der Waals surface area contributed by atoms with E-state index in [2.05, 4.69) is 5.32 Å². The Morgan fingerprint density at radius 2 is 1.91 bits per heavy atom. The van der Waals surface area contributed by atoms with E-state index in [1.165, 1.54) is 6.92 Å². The van der Waals surface area contributed by atoms with Crippen LogP contribution in [0.3, 0.4) is 0 Å². The van der Waals surface area contributed by atoms with E-state index in [0.717, 1.165) is 12.1 Å². The lowest BCUT2D eigenvalue weighted by molar-refractivity contribution is -0.137. The molecular weight excluding hydrogens is 333 g/mol. The van der Waals surface area contributed by atoms with Crippen molar-refractivity contribution in [1.82, 2.24) is 0 Å². The van der Waals surface area contributed by atoms with Crippen LogP contribution in [0.4, 0.5) is 18.9 Å². The Bertz CT molecular complexity index is 658. The lowest BCUT2D eigenvalue weighted by Gasteiger charge is -2.30. The van der Waals surface area contributed by atoms with Gasteiger partial charge in [-0.05, 0) is 31.0 Å². The van der Waals surface area contributed by atoms with Crippen LogP contribution in [0, 0.1) is 5.92 Å². The molecule has 0 saturated carbocycles. The van der Waals surface area contributed by atoms with Crippen LogP contribution >= 0.6 is 0 Å². The van der Waals surface area contributed by atoms with Crippen molar-refractivity contribution >= 4 is 15.7 Å². The van der Waals surface area contributed by atoms with Crippen molar-refractivity contribution in [2.24, 2.45) is 11.1 Å². The molecule has 4 N–H and O–H groups in total. The van der Waals surface area contributed by atoms with Crippen molar-refractivity contribution in [3.05, 3.63) is 23.8 Å². The maximum absolute atomic E-state index is 13.1. The second-order valence-corrected chi connectivity index (χ2v) is 7.33. The van der Waals surface area contributed by atoms with Crippen molar-refractivity contribution in [3.8, 4) is 0 Å². The van der Waals surface area contributed by atoms with Crippen LogP contribution in [0.25, 0.3) is 0 Å². The van der Waals surface area contributed by atoms with Gasteiger partial charge >= 0.3 is 6.18 Å². The van der Waals surface area contributed by atoms with Crippen LogP contribution in [0.1, 0.15) is 32.8 Å². The molecule has 0 heterocycles. The lowest BCUT2D eigenvalue weighted by Crippen LogP contribution is -2.40. The summed E-state index contributed by atoms with van der Waals surface area (Å²) in [4.78, 5) is -0.621. The van der Waals surface area contributed by atoms with Crippen LogP contribution < -0.4 is 10.5 Å². The molecular formula is C14H21F3N2O3S. The summed E-state index contributed by atoms with van der Waals surface area (Å²) in [5.74, 6) is -0.131. The Hall–Kier alpha value is -1.32. The molecule has 2 atom stereocenters. The first-order valence-corrected chi connectivity index (χ1v) is 8.54. The first-order valence-electron chi connectivity index (χ1n) is 6.99. The third-order valence-electron chi connectivity index (χ3n) is 3.94. The highest BCUT2D eigenvalue weighted by atomic mass is 32.2. The first-order chi connectivity index (χ1) is 10.3. The third kappa shape index (κ3) is 5.08. The van der Waals surface area contributed by atoms with E-state index >= 15 is 0 Å². The number of primary sulfonamides is 1. The average Bonchev–Trinajstić information content (AvgIpc) is 2.42. The van der Waals surface area contributed by atoms with E-state index in [4.69, 9.17) is 5.14 Å². The minimum absolute atomic E-state index is 0.111. The number of sulfonamides is 1. The molecule has 0 aliphatic heterocycles. The smallest absolute Gasteiger partial charge is 0.388 e. The Labute approximate surface area is 133 Å². The van der Waals surface area contributed by atoms with E-state index in [9.17, 15) is 26.7 Å². The van der Waals surface area contributed by atoms with E-state index in [-0.39, 0.29) is 18.2 Å². The van der Waals surface area contributed by atoms with Gasteiger partial charge in [0, 0.05) is 12.2 Å². The number of rotatable bonds is 6. The van der Waals surface area contributed by atoms with Gasteiger partial charge in [0.2, 0.25) is 10.0 Å². The average molecular weight is 354 g/mol. The fourth-order valence-corrected chi connectivity index (χ4v) is 2.52. The van der Waals surface area contributed by atoms with Gasteiger partial charge in [0.1, 0.15) is 0 Å². The van der Waals surface area contributed by atoms with Gasteiger partial charge < -0.3 is 10.4 Å². The molecule has 0 bridgehead atoms. The normalized spacial score (nSPS) is 16.7. The number of halogens is 3. The monoisotopic (exact) mass is 354 g/mol. The third-order valence-corrected chi connectivity index (χ3v) is 4.85. The van der Waals surface area contributed by atoms with Crippen LogP contribution in [-0.2, 0) is 16.2 Å². The molecule has 5 nitrogen and oxygen atoms in total. The molecule has 0 radical (unpaired) electrons. The minimum Gasteiger partial charge on any atom is -0.388 e. The van der Waals surface area contributed by atoms with E-state index in [1.807, 2.05) is 6.92 Å². The van der Waals surface area contributed by atoms with Gasteiger partial charge in [0.25, 0.3) is 0 Å². The van der Waals surface area contributed by atoms with Crippen LogP contribution in [0.5, 0.6) is 0 Å². The van der Waals surface area contributed by atoms with Gasteiger partial charge in [-0.25, -0.2) is 13.6 Å². The molecule has 0 amide bonds. The highest BCUT2D eigenvalue weighted by Gasteiger charge is 2.35. The zero-order valence-corrected chi connectivity index (χ0v) is 13.9. The summed E-state index contributed by atoms with van der Waals surface area (Å²) in [5.41, 5.74) is -2.67. The van der Waals surface area contributed by atoms with Gasteiger partial charge in [-0.2, -0.15) is 13.2 Å². The highest BCUT2D eigenvalue weighted by molar-refractivity contribution is 7.89. The molecule has 0 saturated heterocycles. The number of nitrogens with two attached hydrogens (primary N) is 1. The molecule has 0 aromatic heterocycles. The van der Waals surface area contributed by atoms with E-state index in [0.29, 0.717) is 12.5 Å². The minimum atomic E-state index is -4.76. The number of hydrogen-bond acceptors (Lipinski definition) is 4. The number of benzene rings is 1. The molecule has 1 rings (SSSR count). The lowest BCUT2D eigenvalue weighted by atomic mass is 9.88. The zero-order chi connectivity index (χ0) is 18.1. The fraction of sp³-hybridized carbons (Fsp3) is 0.571. The molecule has 132 valence electrons. The molecule has 0 aliphatic carbocycles. The standard InChI is InChI=1S/C14H21F3N2O3S/c1-4-9(2)13(3,20)8-19-12-6-5-10(23(18,21)22)7-11(12)14(15,16)17/h5-7,9,19-20H,4,8H2,1-3H3,(H2,18,21,22). The predicted octanol–water partition coefficient (Wildman–Crippen LogP) is 2.56. The Morgan fingerprint density at radius 3 is 2.35 bits per heavy atom. The van der Waals surface area contributed by atoms with Crippen molar-refractivity contribution in [1.29, 1.82) is 0 Å². The largest absolute Gasteiger partial charge is 0.418 e. The molecule has 2 unspecified atom stereocenters. The van der Waals surface area contributed by atoms with Gasteiger partial charge in [0.15, 0.2) is 0 Å². The van der Waals surface area contributed by atoms with E-state index in [1.54, 1.807) is 6.92 Å². The molecule has 1 aromatic rings. The summed E-state index contributed by atoms with van der Waals surface area (Å²) in [6, 6.07) is 2.47. The second kappa shape index (κ2) is 6.66. The number of alkyl halides is 3. The van der Waals surface area contributed by atoms with Crippen molar-refractivity contribution in [2.45, 2.75) is 43.9 Å². The molecule has 9 heteroatoms. The summed E-state index contributed by atoms with van der Waals surface area (Å²) < 4.78 is 61.8. The molecule has 23 heavy (non-hydrogen) atoms. The summed E-state index contributed by atoms with van der Waals surface area (Å²) >= 11 is 0. The molecule has 1 aromatic carbocycles. The predicted molar refractivity (Wildman–Crippen MR) is 81.4 cm³/mol. The fourth-order valence-electron chi connectivity index (χ4n) is 1.98. The highest BCUT2D eigenvalue weighted by Crippen LogP contribution is 2.36. The number of nitrogens with one attached hydrogen (secondary N) is 1. The summed E-state index contributed by atoms with van der Waals surface area (Å²) in [5, 5.41) is 17.7. The summed E-state index contributed by atoms with van der Waals surface area (Å²) in [6.07, 6.45) is -4.10. The Balaban J connectivity index is 3.17.